The Morgan fingerprint density at radius 3 is 2.64 bits per heavy atom. The third-order valence-electron chi connectivity index (χ3n) is 5.06. The number of methoxy groups -OCH3 is 1. The van der Waals surface area contributed by atoms with Gasteiger partial charge < -0.3 is 9.64 Å². The van der Waals surface area contributed by atoms with E-state index in [-0.39, 0.29) is 5.91 Å². The summed E-state index contributed by atoms with van der Waals surface area (Å²) in [5.74, 6) is 0.707. The van der Waals surface area contributed by atoms with Crippen LogP contribution in [0.15, 0.2) is 72.8 Å². The van der Waals surface area contributed by atoms with E-state index in [9.17, 15) is 4.79 Å². The quantitative estimate of drug-likeness (QED) is 0.511. The fourth-order valence-corrected chi connectivity index (χ4v) is 3.45. The number of hydrogen-bond donors (Lipinski definition) is 0. The van der Waals surface area contributed by atoms with E-state index in [0.29, 0.717) is 12.2 Å². The number of benzene rings is 3. The van der Waals surface area contributed by atoms with Crippen molar-refractivity contribution in [1.29, 1.82) is 0 Å². The smallest absolute Gasteiger partial charge is 0.272 e. The van der Waals surface area contributed by atoms with Gasteiger partial charge in [-0.1, -0.05) is 48.5 Å². The van der Waals surface area contributed by atoms with E-state index in [2.05, 4.69) is 41.4 Å². The van der Waals surface area contributed by atoms with Crippen molar-refractivity contribution in [3.63, 3.8) is 0 Å². The van der Waals surface area contributed by atoms with Gasteiger partial charge in [0.15, 0.2) is 0 Å². The Morgan fingerprint density at radius 1 is 0.964 bits per heavy atom. The van der Waals surface area contributed by atoms with Crippen LogP contribution in [0.5, 0.6) is 5.75 Å². The van der Waals surface area contributed by atoms with Crippen molar-refractivity contribution in [3.8, 4) is 5.75 Å². The lowest BCUT2D eigenvalue weighted by molar-refractivity contribution is 0.0791. The minimum Gasteiger partial charge on any atom is -0.497 e. The van der Waals surface area contributed by atoms with Gasteiger partial charge >= 0.3 is 0 Å². The van der Waals surface area contributed by atoms with Crippen molar-refractivity contribution in [2.24, 2.45) is 0 Å². The van der Waals surface area contributed by atoms with Crippen molar-refractivity contribution < 1.29 is 9.53 Å². The second-order valence-corrected chi connectivity index (χ2v) is 6.87. The van der Waals surface area contributed by atoms with Crippen molar-refractivity contribution in [1.82, 2.24) is 9.88 Å². The topological polar surface area (TPSA) is 42.4 Å². The van der Waals surface area contributed by atoms with Crippen LogP contribution in [0.1, 0.15) is 16.1 Å². The molecule has 0 aliphatic rings. The molecule has 0 aliphatic carbocycles. The molecule has 4 aromatic rings. The van der Waals surface area contributed by atoms with Crippen LogP contribution >= 0.6 is 0 Å². The summed E-state index contributed by atoms with van der Waals surface area (Å²) in [5.41, 5.74) is 2.49. The van der Waals surface area contributed by atoms with E-state index in [1.807, 2.05) is 37.4 Å². The lowest BCUT2D eigenvalue weighted by atomic mass is 10.0. The van der Waals surface area contributed by atoms with Gasteiger partial charge in [-0.15, -0.1) is 0 Å². The molecule has 4 heteroatoms. The molecule has 0 bridgehead atoms. The number of carbonyl (C=O) groups is 1. The predicted octanol–water partition coefficient (Wildman–Crippen LogP) is 4.71. The fraction of sp³-hybridized carbons (Fsp3) is 0.167. The van der Waals surface area contributed by atoms with Crippen LogP contribution in [0.3, 0.4) is 0 Å². The summed E-state index contributed by atoms with van der Waals surface area (Å²) in [6.45, 7) is 0.634. The van der Waals surface area contributed by atoms with Gasteiger partial charge in [0.05, 0.1) is 12.6 Å². The van der Waals surface area contributed by atoms with Crippen LogP contribution in [0, 0.1) is 0 Å². The summed E-state index contributed by atoms with van der Waals surface area (Å²) >= 11 is 0. The molecule has 4 rings (SSSR count). The highest BCUT2D eigenvalue weighted by atomic mass is 16.5. The van der Waals surface area contributed by atoms with E-state index in [4.69, 9.17) is 4.74 Å². The van der Waals surface area contributed by atoms with Crippen LogP contribution in [0.25, 0.3) is 21.7 Å². The maximum absolute atomic E-state index is 12.8. The van der Waals surface area contributed by atoms with Crippen molar-refractivity contribution in [2.75, 3.05) is 20.7 Å². The number of aromatic nitrogens is 1. The molecule has 0 radical (unpaired) electrons. The molecule has 0 saturated heterocycles. The van der Waals surface area contributed by atoms with E-state index in [1.165, 1.54) is 16.3 Å². The molecule has 1 amide bonds. The third-order valence-corrected chi connectivity index (χ3v) is 5.06. The minimum absolute atomic E-state index is 0.0713. The van der Waals surface area contributed by atoms with Gasteiger partial charge in [-0.05, 0) is 47.0 Å². The van der Waals surface area contributed by atoms with E-state index < -0.39 is 0 Å². The SMILES string of the molecule is COc1ccc2nc(C(=O)N(C)CCc3cccc4ccccc34)ccc2c1. The molecule has 3 aromatic carbocycles. The lowest BCUT2D eigenvalue weighted by Gasteiger charge is -2.17. The Bertz CT molecular complexity index is 1150. The summed E-state index contributed by atoms with van der Waals surface area (Å²) in [6, 6.07) is 24.0. The second-order valence-electron chi connectivity index (χ2n) is 6.87. The zero-order valence-corrected chi connectivity index (χ0v) is 16.1. The molecule has 1 aromatic heterocycles. The first-order valence-corrected chi connectivity index (χ1v) is 9.32. The molecule has 0 atom stereocenters. The molecular weight excluding hydrogens is 348 g/mol. The van der Waals surface area contributed by atoms with Crippen molar-refractivity contribution in [2.45, 2.75) is 6.42 Å². The second kappa shape index (κ2) is 7.69. The number of pyridine rings is 1. The molecule has 0 spiro atoms. The Hall–Kier alpha value is -3.40. The van der Waals surface area contributed by atoms with E-state index in [1.54, 1.807) is 18.1 Å². The van der Waals surface area contributed by atoms with Gasteiger partial charge in [-0.2, -0.15) is 0 Å². The molecule has 28 heavy (non-hydrogen) atoms. The largest absolute Gasteiger partial charge is 0.497 e. The Kier molecular flexibility index (Phi) is 4.94. The molecule has 0 unspecified atom stereocenters. The van der Waals surface area contributed by atoms with Gasteiger partial charge in [-0.3, -0.25) is 4.79 Å². The number of nitrogens with zero attached hydrogens (tertiary/aromatic N) is 2. The van der Waals surface area contributed by atoms with Crippen molar-refractivity contribution >= 4 is 27.6 Å². The van der Waals surface area contributed by atoms with E-state index in [0.717, 1.165) is 23.1 Å². The summed E-state index contributed by atoms with van der Waals surface area (Å²) in [6.07, 6.45) is 0.800. The maximum Gasteiger partial charge on any atom is 0.272 e. The number of carbonyl (C=O) groups excluding carboxylic acids is 1. The fourth-order valence-electron chi connectivity index (χ4n) is 3.45. The molecular formula is C24H22N2O2. The third kappa shape index (κ3) is 3.54. The number of ether oxygens (including phenoxy) is 1. The summed E-state index contributed by atoms with van der Waals surface area (Å²) in [7, 11) is 3.46. The van der Waals surface area contributed by atoms with Crippen LogP contribution in [-0.2, 0) is 6.42 Å². The molecule has 140 valence electrons. The van der Waals surface area contributed by atoms with Gasteiger partial charge in [0.25, 0.3) is 5.91 Å². The first-order chi connectivity index (χ1) is 13.7. The monoisotopic (exact) mass is 370 g/mol. The summed E-state index contributed by atoms with van der Waals surface area (Å²) in [4.78, 5) is 19.1. The predicted molar refractivity (Wildman–Crippen MR) is 113 cm³/mol. The summed E-state index contributed by atoms with van der Waals surface area (Å²) < 4.78 is 5.24. The normalized spacial score (nSPS) is 10.9. The number of rotatable bonds is 5. The first-order valence-electron chi connectivity index (χ1n) is 9.32. The molecule has 0 fully saturated rings. The van der Waals surface area contributed by atoms with Crippen LogP contribution in [0.2, 0.25) is 0 Å². The van der Waals surface area contributed by atoms with Gasteiger partial charge in [0, 0.05) is 19.0 Å². The number of likely N-dealkylation sites (N-methyl/N-ethyl adjacent to an activating group) is 1. The number of hydrogen-bond acceptors (Lipinski definition) is 3. The summed E-state index contributed by atoms with van der Waals surface area (Å²) in [5, 5.41) is 3.42. The number of amides is 1. The molecule has 4 nitrogen and oxygen atoms in total. The standard InChI is InChI=1S/C24H22N2O2/c1-26(15-14-18-8-5-7-17-6-3-4-9-21(17)18)24(27)23-12-10-19-16-20(28-2)11-13-22(19)25-23/h3-13,16H,14-15H2,1-2H3. The highest BCUT2D eigenvalue weighted by molar-refractivity contribution is 5.95. The molecule has 0 saturated carbocycles. The van der Waals surface area contributed by atoms with Crippen LogP contribution in [0.4, 0.5) is 0 Å². The average molecular weight is 370 g/mol. The van der Waals surface area contributed by atoms with E-state index >= 15 is 0 Å². The Labute approximate surface area is 164 Å². The van der Waals surface area contributed by atoms with Crippen LogP contribution in [-0.4, -0.2) is 36.5 Å². The molecule has 1 heterocycles. The van der Waals surface area contributed by atoms with Crippen LogP contribution < -0.4 is 4.74 Å². The maximum atomic E-state index is 12.8. The lowest BCUT2D eigenvalue weighted by Crippen LogP contribution is -2.29. The first kappa shape index (κ1) is 18.0. The Morgan fingerprint density at radius 2 is 1.79 bits per heavy atom. The Balaban J connectivity index is 1.50. The number of fused-ring (bicyclic) bond motifs is 2. The van der Waals surface area contributed by atoms with Gasteiger partial charge in [-0.25, -0.2) is 4.98 Å². The zero-order valence-electron chi connectivity index (χ0n) is 16.1. The average Bonchev–Trinajstić information content (AvgIpc) is 2.76. The molecule has 0 N–H and O–H groups in total. The van der Waals surface area contributed by atoms with Crippen molar-refractivity contribution in [3.05, 3.63) is 84.1 Å². The highest BCUT2D eigenvalue weighted by Gasteiger charge is 2.14. The van der Waals surface area contributed by atoms with Gasteiger partial charge in [0.2, 0.25) is 0 Å². The highest BCUT2D eigenvalue weighted by Crippen LogP contribution is 2.21. The zero-order chi connectivity index (χ0) is 19.5. The minimum atomic E-state index is -0.0713. The molecule has 0 aliphatic heterocycles. The van der Waals surface area contributed by atoms with Gasteiger partial charge in [0.1, 0.15) is 11.4 Å².